The largest absolute Gasteiger partial charge is 0.382 e. The molecule has 2 aliphatic carbocycles. The quantitative estimate of drug-likeness (QED) is 0.921. The van der Waals surface area contributed by atoms with Crippen molar-refractivity contribution >= 4 is 15.5 Å². The van der Waals surface area contributed by atoms with Crippen molar-refractivity contribution < 1.29 is 8.42 Å². The van der Waals surface area contributed by atoms with Crippen LogP contribution in [0.2, 0.25) is 0 Å². The van der Waals surface area contributed by atoms with Crippen LogP contribution in [0.15, 0.2) is 23.1 Å². The molecule has 116 valence electrons. The first kappa shape index (κ1) is 14.9. The SMILES string of the molecule is Cc1ccc(S(C)(=O)=O)cc1NC1CCCC(C2CC2)C1. The summed E-state index contributed by atoms with van der Waals surface area (Å²) in [7, 11) is -3.14. The Morgan fingerprint density at radius 1 is 1.10 bits per heavy atom. The summed E-state index contributed by atoms with van der Waals surface area (Å²) >= 11 is 0. The van der Waals surface area contributed by atoms with Crippen LogP contribution in [-0.4, -0.2) is 20.7 Å². The fourth-order valence-electron chi connectivity index (χ4n) is 3.56. The van der Waals surface area contributed by atoms with E-state index in [1.165, 1.54) is 44.8 Å². The van der Waals surface area contributed by atoms with Gasteiger partial charge in [-0.2, -0.15) is 0 Å². The average molecular weight is 307 g/mol. The van der Waals surface area contributed by atoms with E-state index in [-0.39, 0.29) is 0 Å². The lowest BCUT2D eigenvalue weighted by Crippen LogP contribution is -2.28. The first-order valence-electron chi connectivity index (χ1n) is 8.01. The van der Waals surface area contributed by atoms with E-state index in [4.69, 9.17) is 0 Å². The second-order valence-corrected chi connectivity index (χ2v) is 8.87. The molecule has 2 unspecified atom stereocenters. The van der Waals surface area contributed by atoms with E-state index in [0.29, 0.717) is 10.9 Å². The first-order chi connectivity index (χ1) is 9.93. The minimum Gasteiger partial charge on any atom is -0.382 e. The molecule has 2 aliphatic rings. The number of hydrogen-bond donors (Lipinski definition) is 1. The number of benzene rings is 1. The highest BCUT2D eigenvalue weighted by Crippen LogP contribution is 2.44. The van der Waals surface area contributed by atoms with Crippen molar-refractivity contribution in [1.82, 2.24) is 0 Å². The maximum Gasteiger partial charge on any atom is 0.175 e. The molecule has 2 saturated carbocycles. The monoisotopic (exact) mass is 307 g/mol. The Morgan fingerprint density at radius 2 is 1.86 bits per heavy atom. The third-order valence-corrected chi connectivity index (χ3v) is 6.11. The van der Waals surface area contributed by atoms with Crippen LogP contribution in [0.25, 0.3) is 0 Å². The van der Waals surface area contributed by atoms with E-state index in [1.807, 2.05) is 13.0 Å². The van der Waals surface area contributed by atoms with Gasteiger partial charge in [0.25, 0.3) is 0 Å². The van der Waals surface area contributed by atoms with Crippen LogP contribution in [0, 0.1) is 18.8 Å². The molecule has 4 heteroatoms. The molecule has 3 nitrogen and oxygen atoms in total. The molecule has 0 aromatic heterocycles. The van der Waals surface area contributed by atoms with E-state index in [1.54, 1.807) is 12.1 Å². The summed E-state index contributed by atoms with van der Waals surface area (Å²) < 4.78 is 23.4. The number of sulfone groups is 1. The topological polar surface area (TPSA) is 46.2 Å². The van der Waals surface area contributed by atoms with Crippen LogP contribution in [-0.2, 0) is 9.84 Å². The Labute approximate surface area is 128 Å². The third-order valence-electron chi connectivity index (χ3n) is 5.00. The van der Waals surface area contributed by atoms with Gasteiger partial charge >= 0.3 is 0 Å². The lowest BCUT2D eigenvalue weighted by molar-refractivity contribution is 0.303. The molecule has 1 aromatic rings. The summed E-state index contributed by atoms with van der Waals surface area (Å²) in [6.45, 7) is 2.04. The highest BCUT2D eigenvalue weighted by Gasteiger charge is 2.34. The van der Waals surface area contributed by atoms with Crippen LogP contribution >= 0.6 is 0 Å². The van der Waals surface area contributed by atoms with Gasteiger partial charge < -0.3 is 5.32 Å². The summed E-state index contributed by atoms with van der Waals surface area (Å²) in [5, 5.41) is 3.61. The molecule has 3 rings (SSSR count). The van der Waals surface area contributed by atoms with Gasteiger partial charge in [-0.15, -0.1) is 0 Å². The van der Waals surface area contributed by atoms with Gasteiger partial charge in [-0.05, 0) is 62.1 Å². The fraction of sp³-hybridized carbons (Fsp3) is 0.647. The van der Waals surface area contributed by atoms with Crippen molar-refractivity contribution in [2.75, 3.05) is 11.6 Å². The van der Waals surface area contributed by atoms with Crippen molar-refractivity contribution in [3.63, 3.8) is 0 Å². The highest BCUT2D eigenvalue weighted by atomic mass is 32.2. The maximum absolute atomic E-state index is 11.7. The second-order valence-electron chi connectivity index (χ2n) is 6.85. The van der Waals surface area contributed by atoms with Gasteiger partial charge in [0.2, 0.25) is 0 Å². The van der Waals surface area contributed by atoms with Gasteiger partial charge in [0.1, 0.15) is 0 Å². The smallest absolute Gasteiger partial charge is 0.175 e. The Morgan fingerprint density at radius 3 is 2.52 bits per heavy atom. The summed E-state index contributed by atoms with van der Waals surface area (Å²) in [6.07, 6.45) is 9.22. The van der Waals surface area contributed by atoms with E-state index >= 15 is 0 Å². The van der Waals surface area contributed by atoms with E-state index in [9.17, 15) is 8.42 Å². The zero-order chi connectivity index (χ0) is 15.0. The van der Waals surface area contributed by atoms with Gasteiger partial charge in [0.05, 0.1) is 4.90 Å². The molecule has 2 atom stereocenters. The fourth-order valence-corrected chi connectivity index (χ4v) is 4.21. The molecule has 0 spiro atoms. The third kappa shape index (κ3) is 3.60. The Balaban J connectivity index is 1.74. The van der Waals surface area contributed by atoms with Gasteiger partial charge in [-0.1, -0.05) is 18.9 Å². The molecule has 0 radical (unpaired) electrons. The summed E-state index contributed by atoms with van der Waals surface area (Å²) in [4.78, 5) is 0.408. The first-order valence-corrected chi connectivity index (χ1v) is 9.90. The van der Waals surface area contributed by atoms with Crippen molar-refractivity contribution in [3.05, 3.63) is 23.8 Å². The van der Waals surface area contributed by atoms with Crippen LogP contribution in [0.5, 0.6) is 0 Å². The maximum atomic E-state index is 11.7. The predicted octanol–water partition coefficient (Wildman–Crippen LogP) is 3.78. The van der Waals surface area contributed by atoms with Crippen LogP contribution in [0.4, 0.5) is 5.69 Å². The molecule has 0 saturated heterocycles. The number of nitrogens with one attached hydrogen (secondary N) is 1. The van der Waals surface area contributed by atoms with Gasteiger partial charge in [-0.3, -0.25) is 0 Å². The van der Waals surface area contributed by atoms with Crippen LogP contribution in [0.3, 0.4) is 0 Å². The van der Waals surface area contributed by atoms with Crippen LogP contribution in [0.1, 0.15) is 44.1 Å². The number of hydrogen-bond acceptors (Lipinski definition) is 3. The molecule has 1 aromatic carbocycles. The van der Waals surface area contributed by atoms with Gasteiger partial charge in [0.15, 0.2) is 9.84 Å². The highest BCUT2D eigenvalue weighted by molar-refractivity contribution is 7.90. The lowest BCUT2D eigenvalue weighted by atomic mass is 9.82. The zero-order valence-electron chi connectivity index (χ0n) is 12.9. The van der Waals surface area contributed by atoms with Crippen molar-refractivity contribution in [1.29, 1.82) is 0 Å². The summed E-state index contributed by atoms with van der Waals surface area (Å²) in [5.41, 5.74) is 2.11. The zero-order valence-corrected chi connectivity index (χ0v) is 13.7. The van der Waals surface area contributed by atoms with Crippen molar-refractivity contribution in [2.45, 2.75) is 56.4 Å². The molecular weight excluding hydrogens is 282 g/mol. The Bertz CT molecular complexity index is 620. The second kappa shape index (κ2) is 5.64. The Kier molecular flexibility index (Phi) is 4.00. The van der Waals surface area contributed by atoms with Gasteiger partial charge in [-0.25, -0.2) is 8.42 Å². The average Bonchev–Trinajstić information content (AvgIpc) is 3.25. The van der Waals surface area contributed by atoms with Crippen molar-refractivity contribution in [2.24, 2.45) is 11.8 Å². The standard InChI is InChI=1S/C17H25NO2S/c1-12-6-9-16(21(2,19)20)11-17(12)18-15-5-3-4-14(10-15)13-7-8-13/h6,9,11,13-15,18H,3-5,7-8,10H2,1-2H3. The molecule has 0 amide bonds. The van der Waals surface area contributed by atoms with Gasteiger partial charge in [0, 0.05) is 18.0 Å². The molecule has 21 heavy (non-hydrogen) atoms. The van der Waals surface area contributed by atoms with Crippen molar-refractivity contribution in [3.8, 4) is 0 Å². The molecular formula is C17H25NO2S. The number of anilines is 1. The van der Waals surface area contributed by atoms with E-state index in [2.05, 4.69) is 5.32 Å². The summed E-state index contributed by atoms with van der Waals surface area (Å²) in [6, 6.07) is 5.90. The Hall–Kier alpha value is -1.03. The van der Waals surface area contributed by atoms with Crippen LogP contribution < -0.4 is 5.32 Å². The molecule has 2 fully saturated rings. The molecule has 0 bridgehead atoms. The summed E-state index contributed by atoms with van der Waals surface area (Å²) in [5.74, 6) is 1.85. The minimum atomic E-state index is -3.14. The number of aryl methyl sites for hydroxylation is 1. The van der Waals surface area contributed by atoms with E-state index in [0.717, 1.165) is 23.1 Å². The predicted molar refractivity (Wildman–Crippen MR) is 86.4 cm³/mol. The van der Waals surface area contributed by atoms with E-state index < -0.39 is 9.84 Å². The number of rotatable bonds is 4. The lowest BCUT2D eigenvalue weighted by Gasteiger charge is -2.31. The molecule has 0 heterocycles. The minimum absolute atomic E-state index is 0.408. The normalized spacial score (nSPS) is 26.6. The molecule has 0 aliphatic heterocycles. The molecule has 1 N–H and O–H groups in total.